The van der Waals surface area contributed by atoms with Gasteiger partial charge in [0.15, 0.2) is 0 Å². The Labute approximate surface area is 162 Å². The molecule has 140 valence electrons. The molecule has 0 aliphatic heterocycles. The summed E-state index contributed by atoms with van der Waals surface area (Å²) in [5.41, 5.74) is 0.413. The molecule has 0 fully saturated rings. The zero-order valence-corrected chi connectivity index (χ0v) is 16.5. The van der Waals surface area contributed by atoms with Crippen LogP contribution in [0.3, 0.4) is 0 Å². The fourth-order valence-electron chi connectivity index (χ4n) is 2.06. The molecule has 2 N–H and O–H groups in total. The number of carbonyl (C=O) groups is 1. The molecule has 0 heterocycles. The van der Waals surface area contributed by atoms with Crippen LogP contribution in [0.2, 0.25) is 10.0 Å². The van der Waals surface area contributed by atoms with Gasteiger partial charge >= 0.3 is 0 Å². The van der Waals surface area contributed by atoms with Crippen molar-refractivity contribution >= 4 is 44.8 Å². The second-order valence-corrected chi connectivity index (χ2v) is 7.89. The number of hydrogen-bond acceptors (Lipinski definition) is 4. The zero-order valence-electron chi connectivity index (χ0n) is 14.1. The highest BCUT2D eigenvalue weighted by Gasteiger charge is 2.22. The summed E-state index contributed by atoms with van der Waals surface area (Å²) < 4.78 is 32.4. The average molecular weight is 417 g/mol. The number of nitrogens with one attached hydrogen (secondary N) is 2. The van der Waals surface area contributed by atoms with E-state index in [9.17, 15) is 13.2 Å². The van der Waals surface area contributed by atoms with E-state index in [4.69, 9.17) is 27.9 Å². The minimum absolute atomic E-state index is 0.0372. The molecular weight excluding hydrogens is 399 g/mol. The SMILES string of the molecule is CCOc1ccc(S(=O)(=O)N[C@H](C)C(=O)Nc2ccc(Cl)c(Cl)c2)cc1. The average Bonchev–Trinajstić information content (AvgIpc) is 2.58. The van der Waals surface area contributed by atoms with Crippen LogP contribution in [-0.2, 0) is 14.8 Å². The third-order valence-corrected chi connectivity index (χ3v) is 5.65. The minimum atomic E-state index is -3.86. The van der Waals surface area contributed by atoms with Crippen molar-refractivity contribution in [3.63, 3.8) is 0 Å². The molecular formula is C17H18Cl2N2O4S. The second kappa shape index (κ2) is 8.73. The molecule has 0 radical (unpaired) electrons. The summed E-state index contributed by atoms with van der Waals surface area (Å²) in [6.45, 7) is 3.76. The van der Waals surface area contributed by atoms with Gasteiger partial charge in [-0.15, -0.1) is 0 Å². The third kappa shape index (κ3) is 5.35. The molecule has 1 amide bonds. The molecule has 0 aliphatic carbocycles. The lowest BCUT2D eigenvalue weighted by Crippen LogP contribution is -2.41. The lowest BCUT2D eigenvalue weighted by Gasteiger charge is -2.15. The molecule has 1 atom stereocenters. The van der Waals surface area contributed by atoms with Gasteiger partial charge in [0.2, 0.25) is 15.9 Å². The Kier molecular flexibility index (Phi) is 6.88. The fourth-order valence-corrected chi connectivity index (χ4v) is 3.56. The van der Waals surface area contributed by atoms with Crippen molar-refractivity contribution in [3.8, 4) is 5.75 Å². The van der Waals surface area contributed by atoms with Crippen LogP contribution >= 0.6 is 23.2 Å². The maximum absolute atomic E-state index is 12.4. The van der Waals surface area contributed by atoms with Gasteiger partial charge in [-0.1, -0.05) is 23.2 Å². The van der Waals surface area contributed by atoms with Crippen LogP contribution in [0.25, 0.3) is 0 Å². The van der Waals surface area contributed by atoms with Crippen LogP contribution in [0.4, 0.5) is 5.69 Å². The van der Waals surface area contributed by atoms with Gasteiger partial charge in [0.25, 0.3) is 0 Å². The Balaban J connectivity index is 2.05. The minimum Gasteiger partial charge on any atom is -0.494 e. The predicted octanol–water partition coefficient (Wildman–Crippen LogP) is 3.70. The van der Waals surface area contributed by atoms with Crippen LogP contribution in [0.5, 0.6) is 5.75 Å². The van der Waals surface area contributed by atoms with Crippen LogP contribution in [0.15, 0.2) is 47.4 Å². The lowest BCUT2D eigenvalue weighted by molar-refractivity contribution is -0.117. The molecule has 2 aromatic rings. The Morgan fingerprint density at radius 2 is 1.77 bits per heavy atom. The summed E-state index contributed by atoms with van der Waals surface area (Å²) >= 11 is 11.7. The second-order valence-electron chi connectivity index (χ2n) is 5.37. The molecule has 0 aromatic heterocycles. The number of halogens is 2. The van der Waals surface area contributed by atoms with E-state index in [1.165, 1.54) is 31.2 Å². The van der Waals surface area contributed by atoms with E-state index in [0.717, 1.165) is 0 Å². The molecule has 26 heavy (non-hydrogen) atoms. The highest BCUT2D eigenvalue weighted by molar-refractivity contribution is 7.89. The van der Waals surface area contributed by atoms with Crippen LogP contribution in [0, 0.1) is 0 Å². The third-order valence-electron chi connectivity index (χ3n) is 3.36. The van der Waals surface area contributed by atoms with Crippen molar-refractivity contribution in [2.45, 2.75) is 24.8 Å². The number of carbonyl (C=O) groups excluding carboxylic acids is 1. The number of ether oxygens (including phenoxy) is 1. The van der Waals surface area contributed by atoms with Crippen LogP contribution in [0.1, 0.15) is 13.8 Å². The topological polar surface area (TPSA) is 84.5 Å². The van der Waals surface area contributed by atoms with Crippen molar-refractivity contribution in [2.24, 2.45) is 0 Å². The van der Waals surface area contributed by atoms with Gasteiger partial charge in [-0.3, -0.25) is 4.79 Å². The molecule has 0 spiro atoms. The quantitative estimate of drug-likeness (QED) is 0.720. The summed E-state index contributed by atoms with van der Waals surface area (Å²) in [7, 11) is -3.86. The maximum atomic E-state index is 12.4. The maximum Gasteiger partial charge on any atom is 0.242 e. The smallest absolute Gasteiger partial charge is 0.242 e. The van der Waals surface area contributed by atoms with E-state index in [2.05, 4.69) is 10.0 Å². The van der Waals surface area contributed by atoms with Crippen LogP contribution < -0.4 is 14.8 Å². The molecule has 0 saturated heterocycles. The Bertz CT molecular complexity index is 886. The number of amides is 1. The number of sulfonamides is 1. The lowest BCUT2D eigenvalue weighted by atomic mass is 10.3. The van der Waals surface area contributed by atoms with Crippen molar-refractivity contribution in [2.75, 3.05) is 11.9 Å². The molecule has 6 nitrogen and oxygen atoms in total. The number of benzene rings is 2. The molecule has 2 aromatic carbocycles. The monoisotopic (exact) mass is 416 g/mol. The number of hydrogen-bond donors (Lipinski definition) is 2. The molecule has 0 unspecified atom stereocenters. The van der Waals surface area contributed by atoms with Crippen molar-refractivity contribution < 1.29 is 17.9 Å². The highest BCUT2D eigenvalue weighted by Crippen LogP contribution is 2.25. The van der Waals surface area contributed by atoms with Gasteiger partial charge in [-0.25, -0.2) is 8.42 Å². The van der Waals surface area contributed by atoms with Gasteiger partial charge in [-0.2, -0.15) is 4.72 Å². The Morgan fingerprint density at radius 1 is 1.12 bits per heavy atom. The number of rotatable bonds is 7. The summed E-state index contributed by atoms with van der Waals surface area (Å²) in [6, 6.07) is 9.52. The van der Waals surface area contributed by atoms with E-state index >= 15 is 0 Å². The number of anilines is 1. The van der Waals surface area contributed by atoms with Crippen LogP contribution in [-0.4, -0.2) is 27.0 Å². The van der Waals surface area contributed by atoms with Gasteiger partial charge in [0, 0.05) is 5.69 Å². The van der Waals surface area contributed by atoms with E-state index in [1.54, 1.807) is 18.2 Å². The summed E-state index contributed by atoms with van der Waals surface area (Å²) in [4.78, 5) is 12.3. The summed E-state index contributed by atoms with van der Waals surface area (Å²) in [5.74, 6) is 0.0368. The molecule has 9 heteroatoms. The first kappa shape index (κ1) is 20.5. The summed E-state index contributed by atoms with van der Waals surface area (Å²) in [5, 5.41) is 3.22. The van der Waals surface area contributed by atoms with E-state index in [-0.39, 0.29) is 9.92 Å². The fraction of sp³-hybridized carbons (Fsp3) is 0.235. The van der Waals surface area contributed by atoms with Gasteiger partial charge in [0.1, 0.15) is 5.75 Å². The summed E-state index contributed by atoms with van der Waals surface area (Å²) in [6.07, 6.45) is 0. The molecule has 0 aliphatic rings. The molecule has 2 rings (SSSR count). The van der Waals surface area contributed by atoms with Crippen molar-refractivity contribution in [1.82, 2.24) is 4.72 Å². The Hall–Kier alpha value is -1.80. The van der Waals surface area contributed by atoms with Gasteiger partial charge in [-0.05, 0) is 56.3 Å². The van der Waals surface area contributed by atoms with Gasteiger partial charge < -0.3 is 10.1 Å². The first-order chi connectivity index (χ1) is 12.2. The Morgan fingerprint density at radius 3 is 2.35 bits per heavy atom. The van der Waals surface area contributed by atoms with E-state index < -0.39 is 22.0 Å². The van der Waals surface area contributed by atoms with Crippen molar-refractivity contribution in [3.05, 3.63) is 52.5 Å². The van der Waals surface area contributed by atoms with Gasteiger partial charge in [0.05, 0.1) is 27.6 Å². The predicted molar refractivity (Wildman–Crippen MR) is 102 cm³/mol. The standard InChI is InChI=1S/C17H18Cl2N2O4S/c1-3-25-13-5-7-14(8-6-13)26(23,24)21-11(2)17(22)20-12-4-9-15(18)16(19)10-12/h4-11,21H,3H2,1-2H3,(H,20,22)/t11-/m1/s1. The largest absolute Gasteiger partial charge is 0.494 e. The van der Waals surface area contributed by atoms with Crippen molar-refractivity contribution in [1.29, 1.82) is 0 Å². The first-order valence-electron chi connectivity index (χ1n) is 7.74. The molecule has 0 saturated carbocycles. The molecule has 0 bridgehead atoms. The van der Waals surface area contributed by atoms with E-state index in [1.807, 2.05) is 6.92 Å². The highest BCUT2D eigenvalue weighted by atomic mass is 35.5. The van der Waals surface area contributed by atoms with E-state index in [0.29, 0.717) is 23.1 Å². The first-order valence-corrected chi connectivity index (χ1v) is 9.98. The zero-order chi connectivity index (χ0) is 19.3. The normalized spacial score (nSPS) is 12.5.